The van der Waals surface area contributed by atoms with E-state index in [-0.39, 0.29) is 11.7 Å². The molecule has 0 saturated heterocycles. The second kappa shape index (κ2) is 7.40. The Morgan fingerprint density at radius 3 is 2.14 bits per heavy atom. The summed E-state index contributed by atoms with van der Waals surface area (Å²) in [5, 5.41) is 11.6. The van der Waals surface area contributed by atoms with Gasteiger partial charge < -0.3 is 10.4 Å². The van der Waals surface area contributed by atoms with Crippen molar-refractivity contribution >= 4 is 21.7 Å². The monoisotopic (exact) mass is 327 g/mol. The van der Waals surface area contributed by atoms with E-state index in [9.17, 15) is 18.0 Å². The summed E-state index contributed by atoms with van der Waals surface area (Å²) in [7, 11) is -3.13. The second-order valence-electron chi connectivity index (χ2n) is 5.76. The highest BCUT2D eigenvalue weighted by molar-refractivity contribution is 7.89. The first-order valence-corrected chi connectivity index (χ1v) is 8.95. The van der Waals surface area contributed by atoms with Crippen LogP contribution in [0.2, 0.25) is 0 Å². The van der Waals surface area contributed by atoms with Gasteiger partial charge in [0.25, 0.3) is 5.91 Å². The second-order valence-corrected chi connectivity index (χ2v) is 7.90. The maximum Gasteiger partial charge on any atom is 0.326 e. The first kappa shape index (κ1) is 18.2. The molecule has 1 aromatic rings. The molecule has 7 heteroatoms. The SMILES string of the molecule is CC(C)C[C@H](NC(=O)c1ccc(CS(C)(=O)=O)cc1)C(=O)O. The third-order valence-electron chi connectivity index (χ3n) is 2.96. The lowest BCUT2D eigenvalue weighted by Crippen LogP contribution is -2.41. The lowest BCUT2D eigenvalue weighted by atomic mass is 10.0. The van der Waals surface area contributed by atoms with Crippen molar-refractivity contribution in [1.29, 1.82) is 0 Å². The van der Waals surface area contributed by atoms with Gasteiger partial charge in [0.1, 0.15) is 6.04 Å². The number of benzene rings is 1. The Kier molecular flexibility index (Phi) is 6.11. The highest BCUT2D eigenvalue weighted by Crippen LogP contribution is 2.10. The number of amides is 1. The normalized spacial score (nSPS) is 12.9. The smallest absolute Gasteiger partial charge is 0.326 e. The highest BCUT2D eigenvalue weighted by atomic mass is 32.2. The van der Waals surface area contributed by atoms with Crippen LogP contribution in [-0.4, -0.2) is 37.7 Å². The molecule has 0 aliphatic rings. The molecule has 2 N–H and O–H groups in total. The van der Waals surface area contributed by atoms with Crippen molar-refractivity contribution < 1.29 is 23.1 Å². The Morgan fingerprint density at radius 1 is 1.18 bits per heavy atom. The van der Waals surface area contributed by atoms with Crippen LogP contribution in [0.3, 0.4) is 0 Å². The van der Waals surface area contributed by atoms with E-state index in [1.54, 1.807) is 12.1 Å². The Balaban J connectivity index is 2.78. The van der Waals surface area contributed by atoms with E-state index in [0.29, 0.717) is 17.5 Å². The predicted octanol–water partition coefficient (Wildman–Crippen LogP) is 1.46. The molecule has 0 saturated carbocycles. The van der Waals surface area contributed by atoms with Crippen molar-refractivity contribution in [2.45, 2.75) is 32.1 Å². The zero-order valence-electron chi connectivity index (χ0n) is 12.9. The topological polar surface area (TPSA) is 101 Å². The summed E-state index contributed by atoms with van der Waals surface area (Å²) in [6, 6.07) is 5.14. The van der Waals surface area contributed by atoms with E-state index in [1.165, 1.54) is 12.1 Å². The van der Waals surface area contributed by atoms with Crippen LogP contribution < -0.4 is 5.32 Å². The molecule has 0 bridgehead atoms. The fourth-order valence-electron chi connectivity index (χ4n) is 1.99. The number of hydrogen-bond donors (Lipinski definition) is 2. The third-order valence-corrected chi connectivity index (χ3v) is 3.81. The summed E-state index contributed by atoms with van der Waals surface area (Å²) < 4.78 is 22.4. The summed E-state index contributed by atoms with van der Waals surface area (Å²) in [6.07, 6.45) is 1.48. The number of hydrogen-bond acceptors (Lipinski definition) is 4. The molecule has 0 aromatic heterocycles. The van der Waals surface area contributed by atoms with Crippen LogP contribution in [0, 0.1) is 5.92 Å². The summed E-state index contributed by atoms with van der Waals surface area (Å²) in [6.45, 7) is 3.75. The van der Waals surface area contributed by atoms with Gasteiger partial charge in [0, 0.05) is 11.8 Å². The van der Waals surface area contributed by atoms with Gasteiger partial charge in [0.05, 0.1) is 5.75 Å². The molecular weight excluding hydrogens is 306 g/mol. The van der Waals surface area contributed by atoms with Crippen molar-refractivity contribution in [3.8, 4) is 0 Å². The van der Waals surface area contributed by atoms with Gasteiger partial charge in [-0.3, -0.25) is 4.79 Å². The Morgan fingerprint density at radius 2 is 1.73 bits per heavy atom. The van der Waals surface area contributed by atoms with Crippen LogP contribution in [0.4, 0.5) is 0 Å². The maximum absolute atomic E-state index is 12.0. The number of carbonyl (C=O) groups is 2. The number of carboxylic acids is 1. The highest BCUT2D eigenvalue weighted by Gasteiger charge is 2.21. The minimum absolute atomic E-state index is 0.0972. The van der Waals surface area contributed by atoms with E-state index in [1.807, 2.05) is 13.8 Å². The van der Waals surface area contributed by atoms with Crippen LogP contribution in [0.1, 0.15) is 36.2 Å². The summed E-state index contributed by atoms with van der Waals surface area (Å²) in [5.41, 5.74) is 0.878. The minimum atomic E-state index is -3.13. The van der Waals surface area contributed by atoms with E-state index in [4.69, 9.17) is 5.11 Å². The number of rotatable bonds is 7. The molecular formula is C15H21NO5S. The molecule has 0 spiro atoms. The molecule has 0 heterocycles. The van der Waals surface area contributed by atoms with E-state index < -0.39 is 27.8 Å². The van der Waals surface area contributed by atoms with Crippen molar-refractivity contribution in [3.63, 3.8) is 0 Å². The van der Waals surface area contributed by atoms with E-state index in [2.05, 4.69) is 5.32 Å². The molecule has 0 aliphatic heterocycles. The zero-order valence-corrected chi connectivity index (χ0v) is 13.7. The molecule has 0 unspecified atom stereocenters. The standard InChI is InChI=1S/C15H21NO5S/c1-10(2)8-13(15(18)19)16-14(17)12-6-4-11(5-7-12)9-22(3,20)21/h4-7,10,13H,8-9H2,1-3H3,(H,16,17)(H,18,19)/t13-/m0/s1. The summed E-state index contributed by atoms with van der Waals surface area (Å²) in [4.78, 5) is 23.2. The average molecular weight is 327 g/mol. The van der Waals surface area contributed by atoms with Gasteiger partial charge in [-0.2, -0.15) is 0 Å². The molecule has 1 rings (SSSR count). The molecule has 1 amide bonds. The Bertz CT molecular complexity index is 634. The van der Waals surface area contributed by atoms with Crippen LogP contribution in [-0.2, 0) is 20.4 Å². The van der Waals surface area contributed by atoms with Gasteiger partial charge in [-0.1, -0.05) is 26.0 Å². The van der Waals surface area contributed by atoms with Gasteiger partial charge in [-0.05, 0) is 30.0 Å². The van der Waals surface area contributed by atoms with Crippen molar-refractivity contribution in [1.82, 2.24) is 5.32 Å². The maximum atomic E-state index is 12.0. The molecule has 1 atom stereocenters. The first-order chi connectivity index (χ1) is 10.1. The average Bonchev–Trinajstić information content (AvgIpc) is 2.36. The summed E-state index contributed by atoms with van der Waals surface area (Å²) >= 11 is 0. The molecule has 22 heavy (non-hydrogen) atoms. The van der Waals surface area contributed by atoms with Crippen LogP contribution in [0.25, 0.3) is 0 Å². The number of sulfone groups is 1. The van der Waals surface area contributed by atoms with E-state index >= 15 is 0 Å². The molecule has 6 nitrogen and oxygen atoms in total. The van der Waals surface area contributed by atoms with E-state index in [0.717, 1.165) is 6.26 Å². The first-order valence-electron chi connectivity index (χ1n) is 6.89. The van der Waals surface area contributed by atoms with Crippen molar-refractivity contribution in [2.75, 3.05) is 6.26 Å². The molecule has 0 fully saturated rings. The quantitative estimate of drug-likeness (QED) is 0.789. The zero-order chi connectivity index (χ0) is 16.9. The molecule has 122 valence electrons. The number of nitrogens with one attached hydrogen (secondary N) is 1. The van der Waals surface area contributed by atoms with Gasteiger partial charge >= 0.3 is 5.97 Å². The third kappa shape index (κ3) is 6.26. The minimum Gasteiger partial charge on any atom is -0.480 e. The van der Waals surface area contributed by atoms with Crippen molar-refractivity contribution in [3.05, 3.63) is 35.4 Å². The number of carboxylic acid groups (broad SMARTS) is 1. The van der Waals surface area contributed by atoms with Crippen LogP contribution in [0.5, 0.6) is 0 Å². The van der Waals surface area contributed by atoms with Gasteiger partial charge in [-0.25, -0.2) is 13.2 Å². The Labute approximate surface area is 130 Å². The molecule has 0 aliphatic carbocycles. The lowest BCUT2D eigenvalue weighted by Gasteiger charge is -2.16. The lowest BCUT2D eigenvalue weighted by molar-refractivity contribution is -0.139. The van der Waals surface area contributed by atoms with Gasteiger partial charge in [-0.15, -0.1) is 0 Å². The molecule has 1 aromatic carbocycles. The number of carbonyl (C=O) groups excluding carboxylic acids is 1. The summed E-state index contributed by atoms with van der Waals surface area (Å²) in [5.74, 6) is -1.52. The molecule has 0 radical (unpaired) electrons. The fraction of sp³-hybridized carbons (Fsp3) is 0.467. The Hall–Kier alpha value is -1.89. The fourth-order valence-corrected chi connectivity index (χ4v) is 2.79. The van der Waals surface area contributed by atoms with Crippen LogP contribution in [0.15, 0.2) is 24.3 Å². The predicted molar refractivity (Wildman–Crippen MR) is 83.3 cm³/mol. The van der Waals surface area contributed by atoms with Crippen LogP contribution >= 0.6 is 0 Å². The van der Waals surface area contributed by atoms with Crippen molar-refractivity contribution in [2.24, 2.45) is 5.92 Å². The number of aliphatic carboxylic acids is 1. The largest absolute Gasteiger partial charge is 0.480 e. The van der Waals surface area contributed by atoms with Gasteiger partial charge in [0.2, 0.25) is 0 Å². The van der Waals surface area contributed by atoms with Gasteiger partial charge in [0.15, 0.2) is 9.84 Å².